The number of hydrogen-bond acceptors (Lipinski definition) is 0. The van der Waals surface area contributed by atoms with E-state index in [-0.39, 0.29) is 12.4 Å². The molecule has 2 aromatic carbocycles. The Bertz CT molecular complexity index is 580. The molecule has 1 unspecified atom stereocenters. The van der Waals surface area contributed by atoms with Crippen LogP contribution in [0.5, 0.6) is 0 Å². The summed E-state index contributed by atoms with van der Waals surface area (Å²) in [6.07, 6.45) is 9.48. The van der Waals surface area contributed by atoms with Gasteiger partial charge in [-0.2, -0.15) is 0 Å². The molecule has 2 aromatic rings. The van der Waals surface area contributed by atoms with Crippen molar-refractivity contribution in [2.45, 2.75) is 64.5 Å². The zero-order valence-electron chi connectivity index (χ0n) is 16.8. The number of rotatable bonds is 11. The zero-order chi connectivity index (χ0) is 18.0. The van der Waals surface area contributed by atoms with Gasteiger partial charge in [0.2, 0.25) is 0 Å². The molecule has 0 saturated heterocycles. The van der Waals surface area contributed by atoms with Crippen molar-refractivity contribution in [3.63, 3.8) is 0 Å². The first-order chi connectivity index (χ1) is 12.1. The van der Waals surface area contributed by atoms with E-state index in [0.717, 1.165) is 11.0 Å². The molecule has 0 heterocycles. The minimum absolute atomic E-state index is 0. The van der Waals surface area contributed by atoms with Gasteiger partial charge < -0.3 is 16.9 Å². The predicted molar refractivity (Wildman–Crippen MR) is 109 cm³/mol. The predicted octanol–water partition coefficient (Wildman–Crippen LogP) is 3.76. The second-order valence-electron chi connectivity index (χ2n) is 7.91. The number of quaternary nitrogens is 1. The lowest BCUT2D eigenvalue weighted by Crippen LogP contribution is -3.00. The molecule has 1 nitrogen and oxygen atoms in total. The van der Waals surface area contributed by atoms with Crippen molar-refractivity contribution in [1.29, 1.82) is 0 Å². The fraction of sp³-hybridized carbons (Fsp3) is 0.500. The molecule has 0 aliphatic carbocycles. The molecule has 144 valence electrons. The summed E-state index contributed by atoms with van der Waals surface area (Å²) in [6.45, 7) is 3.37. The summed E-state index contributed by atoms with van der Waals surface area (Å²) in [6, 6.07) is 22.6. The Kier molecular flexibility index (Phi) is 10.6. The molecule has 0 amide bonds. The fourth-order valence-corrected chi connectivity index (χ4v) is 3.88. The van der Waals surface area contributed by atoms with E-state index in [4.69, 9.17) is 0 Å². The Morgan fingerprint density at radius 3 is 1.88 bits per heavy atom. The molecule has 0 aromatic heterocycles. The molecule has 2 rings (SSSR count). The monoisotopic (exact) mass is 373 g/mol. The van der Waals surface area contributed by atoms with E-state index >= 15 is 0 Å². The minimum atomic E-state index is 0. The Morgan fingerprint density at radius 2 is 1.27 bits per heavy atom. The lowest BCUT2D eigenvalue weighted by atomic mass is 9.96. The number of hydrogen-bond donors (Lipinski definition) is 0. The smallest absolute Gasteiger partial charge is 0.114 e. The number of halogens is 1. The van der Waals surface area contributed by atoms with E-state index in [1.165, 1.54) is 56.1 Å². The molecule has 0 spiro atoms. The number of benzene rings is 2. The second kappa shape index (κ2) is 12.1. The molecule has 26 heavy (non-hydrogen) atoms. The SMILES string of the molecule is CCCCCCCCC(c1ccccc1)[N+](C)(C)Cc1ccccc1.[Cl-]. The maximum Gasteiger partial charge on any atom is 0.114 e. The third kappa shape index (κ3) is 7.51. The first-order valence-corrected chi connectivity index (χ1v) is 10.0. The third-order valence-electron chi connectivity index (χ3n) is 5.29. The summed E-state index contributed by atoms with van der Waals surface area (Å²) in [5.74, 6) is 0. The Hall–Kier alpha value is -1.31. The van der Waals surface area contributed by atoms with Gasteiger partial charge in [0.05, 0.1) is 14.1 Å². The van der Waals surface area contributed by atoms with Gasteiger partial charge in [-0.25, -0.2) is 0 Å². The number of nitrogens with zero attached hydrogens (tertiary/aromatic N) is 1. The first-order valence-electron chi connectivity index (χ1n) is 10.0. The lowest BCUT2D eigenvalue weighted by molar-refractivity contribution is -0.934. The Morgan fingerprint density at radius 1 is 0.731 bits per heavy atom. The van der Waals surface area contributed by atoms with Gasteiger partial charge in [0, 0.05) is 17.5 Å². The van der Waals surface area contributed by atoms with Crippen molar-refractivity contribution >= 4 is 0 Å². The quantitative estimate of drug-likeness (QED) is 0.415. The van der Waals surface area contributed by atoms with Gasteiger partial charge in [-0.3, -0.25) is 0 Å². The highest BCUT2D eigenvalue weighted by molar-refractivity contribution is 5.18. The second-order valence-corrected chi connectivity index (χ2v) is 7.91. The molecule has 0 N–H and O–H groups in total. The average Bonchev–Trinajstić information content (AvgIpc) is 2.62. The molecule has 0 aliphatic heterocycles. The third-order valence-corrected chi connectivity index (χ3v) is 5.29. The van der Waals surface area contributed by atoms with Crippen molar-refractivity contribution in [3.8, 4) is 0 Å². The highest BCUT2D eigenvalue weighted by Gasteiger charge is 2.29. The van der Waals surface area contributed by atoms with Gasteiger partial charge in [-0.1, -0.05) is 99.7 Å². The van der Waals surface area contributed by atoms with Crippen molar-refractivity contribution < 1.29 is 16.9 Å². The van der Waals surface area contributed by atoms with Crippen LogP contribution in [0.1, 0.15) is 69.0 Å². The fourth-order valence-electron chi connectivity index (χ4n) is 3.88. The van der Waals surface area contributed by atoms with E-state index < -0.39 is 0 Å². The minimum Gasteiger partial charge on any atom is -1.00 e. The summed E-state index contributed by atoms with van der Waals surface area (Å²) >= 11 is 0. The molecule has 2 heteroatoms. The summed E-state index contributed by atoms with van der Waals surface area (Å²) in [4.78, 5) is 0. The van der Waals surface area contributed by atoms with Crippen molar-refractivity contribution in [3.05, 3.63) is 71.8 Å². The summed E-state index contributed by atoms with van der Waals surface area (Å²) in [5, 5.41) is 0. The van der Waals surface area contributed by atoms with Crippen LogP contribution in [-0.4, -0.2) is 18.6 Å². The van der Waals surface area contributed by atoms with E-state index in [1.807, 2.05) is 0 Å². The number of unbranched alkanes of at least 4 members (excludes halogenated alkanes) is 5. The highest BCUT2D eigenvalue weighted by Crippen LogP contribution is 2.32. The maximum absolute atomic E-state index is 2.39. The van der Waals surface area contributed by atoms with E-state index in [9.17, 15) is 0 Å². The molecule has 0 aliphatic rings. The van der Waals surface area contributed by atoms with Gasteiger partial charge in [0.25, 0.3) is 0 Å². The molecular formula is C24H36ClN. The first kappa shape index (κ1) is 22.7. The topological polar surface area (TPSA) is 0 Å². The molecule has 1 atom stereocenters. The standard InChI is InChI=1S/C24H36N.ClH/c1-4-5-6-7-8-15-20-24(23-18-13-10-14-19-23)25(2,3)21-22-16-11-9-12-17-22;/h9-14,16-19,24H,4-8,15,20-21H2,1-3H3;1H/q+1;/p-1. The van der Waals surface area contributed by atoms with Gasteiger partial charge in [-0.05, 0) is 6.42 Å². The van der Waals surface area contributed by atoms with Crippen molar-refractivity contribution in [1.82, 2.24) is 0 Å². The van der Waals surface area contributed by atoms with Crippen LogP contribution in [-0.2, 0) is 6.54 Å². The van der Waals surface area contributed by atoms with Crippen LogP contribution >= 0.6 is 0 Å². The van der Waals surface area contributed by atoms with Crippen molar-refractivity contribution in [2.24, 2.45) is 0 Å². The molecular weight excluding hydrogens is 338 g/mol. The highest BCUT2D eigenvalue weighted by atomic mass is 35.5. The summed E-state index contributed by atoms with van der Waals surface area (Å²) in [5.41, 5.74) is 2.91. The average molecular weight is 374 g/mol. The molecule has 0 bridgehead atoms. The van der Waals surface area contributed by atoms with Crippen molar-refractivity contribution in [2.75, 3.05) is 14.1 Å². The Labute approximate surface area is 167 Å². The van der Waals surface area contributed by atoms with Crippen LogP contribution in [0.15, 0.2) is 60.7 Å². The summed E-state index contributed by atoms with van der Waals surface area (Å²) in [7, 11) is 4.78. The largest absolute Gasteiger partial charge is 1.00 e. The van der Waals surface area contributed by atoms with Crippen LogP contribution in [0.2, 0.25) is 0 Å². The van der Waals surface area contributed by atoms with E-state index in [1.54, 1.807) is 0 Å². The molecule has 0 radical (unpaired) electrons. The Balaban J connectivity index is 0.00000338. The van der Waals surface area contributed by atoms with Gasteiger partial charge in [-0.15, -0.1) is 0 Å². The van der Waals surface area contributed by atoms with Crippen LogP contribution < -0.4 is 12.4 Å². The summed E-state index contributed by atoms with van der Waals surface area (Å²) < 4.78 is 1.02. The van der Waals surface area contributed by atoms with E-state index in [2.05, 4.69) is 81.7 Å². The van der Waals surface area contributed by atoms with E-state index in [0.29, 0.717) is 6.04 Å². The van der Waals surface area contributed by atoms with Crippen LogP contribution in [0.25, 0.3) is 0 Å². The van der Waals surface area contributed by atoms with Gasteiger partial charge in [0.1, 0.15) is 12.6 Å². The molecule has 0 fully saturated rings. The maximum atomic E-state index is 2.39. The normalized spacial score (nSPS) is 12.4. The molecule has 0 saturated carbocycles. The van der Waals surface area contributed by atoms with Crippen LogP contribution in [0, 0.1) is 0 Å². The van der Waals surface area contributed by atoms with Gasteiger partial charge in [0.15, 0.2) is 0 Å². The van der Waals surface area contributed by atoms with Gasteiger partial charge >= 0.3 is 0 Å². The van der Waals surface area contributed by atoms with Crippen LogP contribution in [0.3, 0.4) is 0 Å². The zero-order valence-corrected chi connectivity index (χ0v) is 17.6. The van der Waals surface area contributed by atoms with Crippen LogP contribution in [0.4, 0.5) is 0 Å². The lowest BCUT2D eigenvalue weighted by Gasteiger charge is -2.39.